The van der Waals surface area contributed by atoms with Gasteiger partial charge < -0.3 is 9.13 Å². The molecule has 0 amide bonds. The summed E-state index contributed by atoms with van der Waals surface area (Å²) in [6.45, 7) is 0. The van der Waals surface area contributed by atoms with Crippen molar-refractivity contribution in [3.8, 4) is 0 Å². The Morgan fingerprint density at radius 3 is 0.875 bits per heavy atom. The van der Waals surface area contributed by atoms with Crippen LogP contribution in [-0.4, -0.2) is 9.13 Å². The summed E-state index contributed by atoms with van der Waals surface area (Å²) < 4.78 is 4.21. The fraction of sp³-hybridized carbons (Fsp3) is 0. The quantitative estimate of drug-likeness (QED) is 0.127. The highest BCUT2D eigenvalue weighted by Gasteiger charge is 2.10. The fourth-order valence-electron chi connectivity index (χ4n) is 7.87. The van der Waals surface area contributed by atoms with E-state index in [0.717, 1.165) is 55.1 Å². The molecule has 0 aliphatic heterocycles. The van der Waals surface area contributed by atoms with E-state index in [0.29, 0.717) is 21.5 Å². The molecule has 2 aromatic heterocycles. The first kappa shape index (κ1) is 33.0. The third kappa shape index (κ3) is 5.90. The third-order valence-electron chi connectivity index (χ3n) is 10.7. The Bertz CT molecular complexity index is 3070. The molecule has 0 bridgehead atoms. The minimum absolute atomic E-state index is 0.0588. The maximum Gasteiger partial charge on any atom is 0.197 e. The molecular formula is C52H34N2O2. The van der Waals surface area contributed by atoms with Crippen LogP contribution in [0.3, 0.4) is 0 Å². The van der Waals surface area contributed by atoms with Crippen LogP contribution < -0.4 is 10.9 Å². The molecule has 4 nitrogen and oxygen atoms in total. The summed E-state index contributed by atoms with van der Waals surface area (Å²) in [5.41, 5.74) is 8.11. The number of benzene rings is 8. The minimum atomic E-state index is 0.0588. The Kier molecular flexibility index (Phi) is 8.08. The average Bonchev–Trinajstić information content (AvgIpc) is 3.25. The van der Waals surface area contributed by atoms with E-state index in [-0.39, 0.29) is 10.9 Å². The van der Waals surface area contributed by atoms with Crippen molar-refractivity contribution < 1.29 is 0 Å². The van der Waals surface area contributed by atoms with Crippen molar-refractivity contribution >= 4 is 102 Å². The topological polar surface area (TPSA) is 44.0 Å². The van der Waals surface area contributed by atoms with Crippen LogP contribution in [0.2, 0.25) is 0 Å². The van der Waals surface area contributed by atoms with Gasteiger partial charge in [-0.05, 0) is 129 Å². The van der Waals surface area contributed by atoms with E-state index in [4.69, 9.17) is 0 Å². The van der Waals surface area contributed by atoms with E-state index < -0.39 is 0 Å². The molecule has 0 unspecified atom stereocenters. The van der Waals surface area contributed by atoms with Gasteiger partial charge in [-0.2, -0.15) is 0 Å². The molecule has 264 valence electrons. The van der Waals surface area contributed by atoms with Crippen LogP contribution in [0, 0.1) is 0 Å². The van der Waals surface area contributed by atoms with Gasteiger partial charge in [0.05, 0.1) is 22.1 Å². The first-order valence-electron chi connectivity index (χ1n) is 18.7. The number of para-hydroxylation sites is 4. The Morgan fingerprint density at radius 1 is 0.304 bits per heavy atom. The average molecular weight is 719 g/mol. The molecule has 0 saturated heterocycles. The molecule has 0 aliphatic carbocycles. The van der Waals surface area contributed by atoms with Gasteiger partial charge in [-0.15, -0.1) is 0 Å². The number of aromatic nitrogens is 2. The van der Waals surface area contributed by atoms with Gasteiger partial charge in [-0.1, -0.05) is 109 Å². The van der Waals surface area contributed by atoms with Crippen LogP contribution in [0.25, 0.3) is 102 Å². The molecule has 0 N–H and O–H groups in total. The zero-order valence-corrected chi connectivity index (χ0v) is 30.3. The normalized spacial score (nSPS) is 12.2. The summed E-state index contributed by atoms with van der Waals surface area (Å²) in [5.74, 6) is 0. The second kappa shape index (κ2) is 13.7. The van der Waals surface area contributed by atoms with Crippen molar-refractivity contribution in [2.75, 3.05) is 0 Å². The highest BCUT2D eigenvalue weighted by atomic mass is 16.1. The Balaban J connectivity index is 0.889. The van der Waals surface area contributed by atoms with Gasteiger partial charge in [-0.3, -0.25) is 9.59 Å². The first-order valence-corrected chi connectivity index (χ1v) is 18.7. The summed E-state index contributed by atoms with van der Waals surface area (Å²) >= 11 is 0. The summed E-state index contributed by atoms with van der Waals surface area (Å²) in [4.78, 5) is 26.3. The lowest BCUT2D eigenvalue weighted by molar-refractivity contribution is 1.27. The predicted molar refractivity (Wildman–Crippen MR) is 239 cm³/mol. The number of pyridine rings is 2. The van der Waals surface area contributed by atoms with Gasteiger partial charge >= 0.3 is 0 Å². The van der Waals surface area contributed by atoms with Crippen LogP contribution >= 0.6 is 0 Å². The molecule has 2 heterocycles. The van der Waals surface area contributed by atoms with Crippen molar-refractivity contribution in [2.45, 2.75) is 0 Å². The Hall–Kier alpha value is -7.56. The van der Waals surface area contributed by atoms with E-state index in [9.17, 15) is 9.59 Å². The number of fused-ring (bicyclic) bond motifs is 6. The number of hydrogen-bond acceptors (Lipinski definition) is 2. The number of hydrogen-bond donors (Lipinski definition) is 0. The standard InChI is InChI=1S/C52H34N2O2/c55-51-43-9-1-5-13-47(43)53(48-14-6-2-10-44(48)51)29-27-37-21-25-39-31-35(19-23-41(39)33-37)17-18-36-20-24-42-34-38(22-26-40(42)32-36)28-30-54-49-15-7-3-11-45(49)52(56)46-12-4-8-16-50(46)54/h1-34H. The molecule has 0 aliphatic rings. The van der Waals surface area contributed by atoms with E-state index >= 15 is 0 Å². The van der Waals surface area contributed by atoms with Crippen molar-refractivity contribution in [1.82, 2.24) is 9.13 Å². The third-order valence-corrected chi connectivity index (χ3v) is 10.7. The molecular weight excluding hydrogens is 685 g/mol. The van der Waals surface area contributed by atoms with E-state index in [1.165, 1.54) is 10.8 Å². The van der Waals surface area contributed by atoms with Crippen LogP contribution in [-0.2, 0) is 0 Å². The van der Waals surface area contributed by atoms with Crippen LogP contribution in [0.5, 0.6) is 0 Å². The van der Waals surface area contributed by atoms with Crippen LogP contribution in [0.1, 0.15) is 22.3 Å². The van der Waals surface area contributed by atoms with Crippen molar-refractivity contribution in [3.05, 3.63) is 213 Å². The Labute approximate surface area is 322 Å². The lowest BCUT2D eigenvalue weighted by Gasteiger charge is -2.11. The van der Waals surface area contributed by atoms with E-state index in [1.54, 1.807) is 0 Å². The molecule has 0 atom stereocenters. The Morgan fingerprint density at radius 2 is 0.571 bits per heavy atom. The lowest BCUT2D eigenvalue weighted by Crippen LogP contribution is -2.08. The SMILES string of the molecule is O=c1c2ccccc2n(C=Cc2ccc3cc(C=Cc4ccc5cc(C=Cn6c7ccccc7c(=O)c7ccccc76)ccc5c4)ccc3c2)c2ccccc12. The van der Waals surface area contributed by atoms with Gasteiger partial charge in [0.15, 0.2) is 10.9 Å². The smallest absolute Gasteiger partial charge is 0.197 e. The molecule has 0 radical (unpaired) electrons. The van der Waals surface area contributed by atoms with Gasteiger partial charge in [0.25, 0.3) is 0 Å². The van der Waals surface area contributed by atoms with Crippen LogP contribution in [0.4, 0.5) is 0 Å². The second-order valence-corrected chi connectivity index (χ2v) is 14.2. The highest BCUT2D eigenvalue weighted by molar-refractivity contribution is 5.98. The zero-order chi connectivity index (χ0) is 37.6. The van der Waals surface area contributed by atoms with Crippen LogP contribution in [0.15, 0.2) is 179 Å². The molecule has 56 heavy (non-hydrogen) atoms. The molecule has 0 fully saturated rings. The molecule has 4 heteroatoms. The van der Waals surface area contributed by atoms with E-state index in [2.05, 4.69) is 119 Å². The van der Waals surface area contributed by atoms with Gasteiger partial charge in [0, 0.05) is 33.9 Å². The summed E-state index contributed by atoms with van der Waals surface area (Å²) in [5, 5.41) is 7.52. The van der Waals surface area contributed by atoms with Gasteiger partial charge in [-0.25, -0.2) is 0 Å². The molecule has 10 rings (SSSR count). The number of rotatable bonds is 6. The van der Waals surface area contributed by atoms with E-state index in [1.807, 2.05) is 97.1 Å². The van der Waals surface area contributed by atoms with Gasteiger partial charge in [0.2, 0.25) is 0 Å². The van der Waals surface area contributed by atoms with Crippen molar-refractivity contribution in [1.29, 1.82) is 0 Å². The zero-order valence-electron chi connectivity index (χ0n) is 30.3. The number of nitrogens with zero attached hydrogens (tertiary/aromatic N) is 2. The summed E-state index contributed by atoms with van der Waals surface area (Å²) in [7, 11) is 0. The second-order valence-electron chi connectivity index (χ2n) is 14.2. The summed E-state index contributed by atoms with van der Waals surface area (Å²) in [6, 6.07) is 57.2. The largest absolute Gasteiger partial charge is 0.316 e. The highest BCUT2D eigenvalue weighted by Crippen LogP contribution is 2.26. The maximum absolute atomic E-state index is 13.1. The molecule has 8 aromatic carbocycles. The minimum Gasteiger partial charge on any atom is -0.316 e. The van der Waals surface area contributed by atoms with Crippen molar-refractivity contribution in [3.63, 3.8) is 0 Å². The fourth-order valence-corrected chi connectivity index (χ4v) is 7.87. The monoisotopic (exact) mass is 718 g/mol. The maximum atomic E-state index is 13.1. The molecule has 0 saturated carbocycles. The van der Waals surface area contributed by atoms with Gasteiger partial charge in [0.1, 0.15) is 0 Å². The molecule has 0 spiro atoms. The predicted octanol–water partition coefficient (Wildman–Crippen LogP) is 12.4. The lowest BCUT2D eigenvalue weighted by atomic mass is 10.0. The molecule has 10 aromatic rings. The van der Waals surface area contributed by atoms with Crippen molar-refractivity contribution in [2.24, 2.45) is 0 Å². The summed E-state index contributed by atoms with van der Waals surface area (Å²) in [6.07, 6.45) is 12.6. The first-order chi connectivity index (χ1) is 27.6.